The SMILES string of the molecule is O=C(Nc1ccc(I)cc1)C1CCN(S(=O)(=O)c2ccccc2)CC1. The maximum absolute atomic E-state index is 12.6. The predicted octanol–water partition coefficient (Wildman–Crippen LogP) is 3.33. The second-order valence-corrected chi connectivity index (χ2v) is 9.17. The molecule has 1 N–H and O–H groups in total. The highest BCUT2D eigenvalue weighted by atomic mass is 127. The van der Waals surface area contributed by atoms with Gasteiger partial charge >= 0.3 is 0 Å². The Labute approximate surface area is 161 Å². The topological polar surface area (TPSA) is 66.5 Å². The van der Waals surface area contributed by atoms with Gasteiger partial charge in [-0.05, 0) is 71.8 Å². The van der Waals surface area contributed by atoms with Gasteiger partial charge in [-0.1, -0.05) is 18.2 Å². The molecule has 1 fully saturated rings. The van der Waals surface area contributed by atoms with Crippen molar-refractivity contribution in [3.63, 3.8) is 0 Å². The Morgan fingerprint density at radius 3 is 2.20 bits per heavy atom. The summed E-state index contributed by atoms with van der Waals surface area (Å²) in [6.07, 6.45) is 1.06. The summed E-state index contributed by atoms with van der Waals surface area (Å²) in [5, 5.41) is 2.91. The number of rotatable bonds is 4. The van der Waals surface area contributed by atoms with Crippen molar-refractivity contribution in [1.82, 2.24) is 4.31 Å². The molecule has 1 aliphatic heterocycles. The van der Waals surface area contributed by atoms with Gasteiger partial charge in [0, 0.05) is 28.3 Å². The Hall–Kier alpha value is -1.45. The monoisotopic (exact) mass is 470 g/mol. The van der Waals surface area contributed by atoms with Gasteiger partial charge in [0.15, 0.2) is 0 Å². The van der Waals surface area contributed by atoms with E-state index in [-0.39, 0.29) is 11.8 Å². The molecular weight excluding hydrogens is 451 g/mol. The lowest BCUT2D eigenvalue weighted by molar-refractivity contribution is -0.120. The number of hydrogen-bond acceptors (Lipinski definition) is 3. The van der Waals surface area contributed by atoms with E-state index in [1.54, 1.807) is 30.3 Å². The average Bonchev–Trinajstić information content (AvgIpc) is 2.64. The lowest BCUT2D eigenvalue weighted by atomic mass is 9.97. The number of carbonyl (C=O) groups excluding carboxylic acids is 1. The minimum Gasteiger partial charge on any atom is -0.326 e. The fourth-order valence-electron chi connectivity index (χ4n) is 2.88. The van der Waals surface area contributed by atoms with Gasteiger partial charge in [-0.2, -0.15) is 4.31 Å². The Morgan fingerprint density at radius 1 is 1.00 bits per heavy atom. The second kappa shape index (κ2) is 7.84. The second-order valence-electron chi connectivity index (χ2n) is 5.99. The molecule has 0 atom stereocenters. The van der Waals surface area contributed by atoms with Gasteiger partial charge in [0.1, 0.15) is 0 Å². The first-order valence-corrected chi connectivity index (χ1v) is 10.6. The molecule has 5 nitrogen and oxygen atoms in total. The number of amides is 1. The molecule has 1 amide bonds. The smallest absolute Gasteiger partial charge is 0.243 e. The minimum atomic E-state index is -3.47. The summed E-state index contributed by atoms with van der Waals surface area (Å²) in [6, 6.07) is 16.0. The highest BCUT2D eigenvalue weighted by molar-refractivity contribution is 14.1. The molecule has 0 bridgehead atoms. The quantitative estimate of drug-likeness (QED) is 0.698. The molecular formula is C18H19IN2O3S. The first-order chi connectivity index (χ1) is 12.0. The number of hydrogen-bond donors (Lipinski definition) is 1. The summed E-state index contributed by atoms with van der Waals surface area (Å²) in [5.41, 5.74) is 0.768. The van der Waals surface area contributed by atoms with Crippen molar-refractivity contribution in [2.24, 2.45) is 5.92 Å². The molecule has 0 radical (unpaired) electrons. The van der Waals surface area contributed by atoms with Crippen molar-refractivity contribution >= 4 is 44.2 Å². The highest BCUT2D eigenvalue weighted by Crippen LogP contribution is 2.25. The molecule has 2 aromatic carbocycles. The number of sulfonamides is 1. The maximum atomic E-state index is 12.6. The third-order valence-corrected chi connectivity index (χ3v) is 6.95. The van der Waals surface area contributed by atoms with Crippen LogP contribution >= 0.6 is 22.6 Å². The van der Waals surface area contributed by atoms with Crippen LogP contribution in [0, 0.1) is 9.49 Å². The van der Waals surface area contributed by atoms with Gasteiger partial charge in [0.05, 0.1) is 4.90 Å². The van der Waals surface area contributed by atoms with Crippen LogP contribution in [-0.2, 0) is 14.8 Å². The molecule has 7 heteroatoms. The number of piperidine rings is 1. The Bertz CT molecular complexity index is 830. The van der Waals surface area contributed by atoms with Crippen LogP contribution in [0.25, 0.3) is 0 Å². The predicted molar refractivity (Wildman–Crippen MR) is 106 cm³/mol. The lowest BCUT2D eigenvalue weighted by Gasteiger charge is -2.30. The van der Waals surface area contributed by atoms with Crippen LogP contribution in [0.3, 0.4) is 0 Å². The van der Waals surface area contributed by atoms with Gasteiger partial charge in [-0.3, -0.25) is 4.79 Å². The Balaban J connectivity index is 1.60. The molecule has 1 saturated heterocycles. The first-order valence-electron chi connectivity index (χ1n) is 8.08. The molecule has 0 aliphatic carbocycles. The van der Waals surface area contributed by atoms with Crippen molar-refractivity contribution in [2.75, 3.05) is 18.4 Å². The number of halogens is 1. The summed E-state index contributed by atoms with van der Waals surface area (Å²) >= 11 is 2.21. The van der Waals surface area contributed by atoms with Crippen molar-refractivity contribution in [3.8, 4) is 0 Å². The van der Waals surface area contributed by atoms with E-state index < -0.39 is 10.0 Å². The molecule has 1 heterocycles. The van der Waals surface area contributed by atoms with Gasteiger partial charge in [0.2, 0.25) is 15.9 Å². The normalized spacial score (nSPS) is 16.5. The molecule has 0 aromatic heterocycles. The number of carbonyl (C=O) groups is 1. The zero-order chi connectivity index (χ0) is 17.9. The minimum absolute atomic E-state index is 0.0435. The fraction of sp³-hybridized carbons (Fsp3) is 0.278. The van der Waals surface area contributed by atoms with E-state index in [1.165, 1.54) is 4.31 Å². The van der Waals surface area contributed by atoms with E-state index in [0.29, 0.717) is 30.8 Å². The fourth-order valence-corrected chi connectivity index (χ4v) is 4.73. The van der Waals surface area contributed by atoms with Crippen molar-refractivity contribution in [2.45, 2.75) is 17.7 Å². The largest absolute Gasteiger partial charge is 0.326 e. The van der Waals surface area contributed by atoms with E-state index >= 15 is 0 Å². The summed E-state index contributed by atoms with van der Waals surface area (Å²) in [4.78, 5) is 12.7. The number of nitrogens with zero attached hydrogens (tertiary/aromatic N) is 1. The third kappa shape index (κ3) is 4.39. The van der Waals surface area contributed by atoms with Gasteiger partial charge in [-0.25, -0.2) is 8.42 Å². The number of benzene rings is 2. The zero-order valence-electron chi connectivity index (χ0n) is 13.6. The lowest BCUT2D eigenvalue weighted by Crippen LogP contribution is -2.41. The van der Waals surface area contributed by atoms with Crippen LogP contribution in [0.4, 0.5) is 5.69 Å². The van der Waals surface area contributed by atoms with Crippen molar-refractivity contribution in [3.05, 3.63) is 58.2 Å². The molecule has 132 valence electrons. The zero-order valence-corrected chi connectivity index (χ0v) is 16.5. The van der Waals surface area contributed by atoms with Crippen LogP contribution in [0.5, 0.6) is 0 Å². The molecule has 0 spiro atoms. The number of anilines is 1. The maximum Gasteiger partial charge on any atom is 0.243 e. The van der Waals surface area contributed by atoms with Crippen molar-refractivity contribution < 1.29 is 13.2 Å². The number of nitrogens with one attached hydrogen (secondary N) is 1. The molecule has 0 saturated carbocycles. The van der Waals surface area contributed by atoms with Crippen LogP contribution in [0.1, 0.15) is 12.8 Å². The van der Waals surface area contributed by atoms with Crippen LogP contribution in [-0.4, -0.2) is 31.7 Å². The van der Waals surface area contributed by atoms with E-state index in [1.807, 2.05) is 24.3 Å². The van der Waals surface area contributed by atoms with Gasteiger partial charge < -0.3 is 5.32 Å². The summed E-state index contributed by atoms with van der Waals surface area (Å²) in [6.45, 7) is 0.726. The molecule has 25 heavy (non-hydrogen) atoms. The van der Waals surface area contributed by atoms with E-state index in [4.69, 9.17) is 0 Å². The summed E-state index contributed by atoms with van der Waals surface area (Å²) < 4.78 is 27.8. The van der Waals surface area contributed by atoms with E-state index in [0.717, 1.165) is 9.26 Å². The van der Waals surface area contributed by atoms with Gasteiger partial charge in [-0.15, -0.1) is 0 Å². The van der Waals surface area contributed by atoms with E-state index in [2.05, 4.69) is 27.9 Å². The molecule has 3 rings (SSSR count). The Kier molecular flexibility index (Phi) is 5.75. The average molecular weight is 470 g/mol. The molecule has 2 aromatic rings. The Morgan fingerprint density at radius 2 is 1.60 bits per heavy atom. The summed E-state index contributed by atoms with van der Waals surface area (Å²) in [5.74, 6) is -0.209. The highest BCUT2D eigenvalue weighted by Gasteiger charge is 2.31. The third-order valence-electron chi connectivity index (χ3n) is 4.32. The first kappa shape index (κ1) is 18.3. The standard InChI is InChI=1S/C18H19IN2O3S/c19-15-6-8-16(9-7-15)20-18(22)14-10-12-21(13-11-14)25(23,24)17-4-2-1-3-5-17/h1-9,14H,10-13H2,(H,20,22). The summed E-state index contributed by atoms with van der Waals surface area (Å²) in [7, 11) is -3.47. The van der Waals surface area contributed by atoms with Crippen LogP contribution in [0.2, 0.25) is 0 Å². The van der Waals surface area contributed by atoms with Crippen LogP contribution in [0.15, 0.2) is 59.5 Å². The van der Waals surface area contributed by atoms with E-state index in [9.17, 15) is 13.2 Å². The molecule has 1 aliphatic rings. The molecule has 0 unspecified atom stereocenters. The van der Waals surface area contributed by atoms with Crippen molar-refractivity contribution in [1.29, 1.82) is 0 Å². The van der Waals surface area contributed by atoms with Gasteiger partial charge in [0.25, 0.3) is 0 Å². The van der Waals surface area contributed by atoms with Crippen LogP contribution < -0.4 is 5.32 Å².